The van der Waals surface area contributed by atoms with Crippen LogP contribution in [0.1, 0.15) is 113 Å². The zero-order valence-electron chi connectivity index (χ0n) is 35.1. The molecule has 0 N–H and O–H groups in total. The lowest BCUT2D eigenvalue weighted by Crippen LogP contribution is -2.73. The van der Waals surface area contributed by atoms with E-state index >= 15 is 0 Å². The van der Waals surface area contributed by atoms with Crippen LogP contribution in [0.4, 0.5) is 17.1 Å². The molecule has 1 heteroatoms. The van der Waals surface area contributed by atoms with Gasteiger partial charge in [0, 0.05) is 27.8 Å². The average Bonchev–Trinajstić information content (AvgIpc) is 3.93. The first kappa shape index (κ1) is 34.0. The van der Waals surface area contributed by atoms with Crippen molar-refractivity contribution in [3.8, 4) is 33.4 Å². The van der Waals surface area contributed by atoms with Gasteiger partial charge in [0.2, 0.25) is 0 Å². The van der Waals surface area contributed by atoms with Gasteiger partial charge in [0.05, 0.1) is 5.69 Å². The molecule has 288 valence electrons. The SMILES string of the molecule is CC1(C)CCC(C)(C)c2cc(N(c3ccc4c(c3)C(C)(C)c3ccccc3-4)c3ccc(-c4ccccc4)c4c3-c3ccccc3C43C4CC5CC6CC3C64C5)ccc21. The van der Waals surface area contributed by atoms with Gasteiger partial charge in [-0.3, -0.25) is 0 Å². The van der Waals surface area contributed by atoms with E-state index in [1.807, 2.05) is 0 Å². The Labute approximate surface area is 345 Å². The lowest BCUT2D eigenvalue weighted by molar-refractivity contribution is -0.231. The van der Waals surface area contributed by atoms with E-state index in [9.17, 15) is 0 Å². The number of fused-ring (bicyclic) bond motifs is 12. The molecule has 6 atom stereocenters. The molecule has 4 saturated carbocycles. The Balaban J connectivity index is 1.11. The molecule has 0 radical (unpaired) electrons. The lowest BCUT2D eigenvalue weighted by Gasteiger charge is -2.76. The van der Waals surface area contributed by atoms with Crippen LogP contribution in [0, 0.1) is 29.1 Å². The monoisotopic (exact) mass is 753 g/mol. The lowest BCUT2D eigenvalue weighted by atomic mass is 9.26. The normalized spacial score (nSPS) is 29.7. The second-order valence-corrected chi connectivity index (χ2v) is 21.6. The molecule has 6 aromatic carbocycles. The molecular weight excluding hydrogens is 699 g/mol. The highest BCUT2D eigenvalue weighted by molar-refractivity contribution is 6.00. The van der Waals surface area contributed by atoms with Crippen LogP contribution in [-0.2, 0) is 21.7 Å². The van der Waals surface area contributed by atoms with Gasteiger partial charge < -0.3 is 4.90 Å². The molecule has 6 unspecified atom stereocenters. The van der Waals surface area contributed by atoms with Gasteiger partial charge in [0.25, 0.3) is 0 Å². The molecule has 2 bridgehead atoms. The Bertz CT molecular complexity index is 2760. The van der Waals surface area contributed by atoms with Crippen molar-refractivity contribution in [3.63, 3.8) is 0 Å². The first-order valence-corrected chi connectivity index (χ1v) is 22.5. The minimum Gasteiger partial charge on any atom is -0.310 e. The van der Waals surface area contributed by atoms with Gasteiger partial charge in [-0.05, 0) is 170 Å². The highest BCUT2D eigenvalue weighted by Gasteiger charge is 2.85. The smallest absolute Gasteiger partial charge is 0.0543 e. The van der Waals surface area contributed by atoms with Gasteiger partial charge in [-0.2, -0.15) is 0 Å². The Hall–Kier alpha value is -4.88. The molecule has 6 aromatic rings. The summed E-state index contributed by atoms with van der Waals surface area (Å²) in [6.45, 7) is 14.7. The summed E-state index contributed by atoms with van der Waals surface area (Å²) in [7, 11) is 0. The molecule has 58 heavy (non-hydrogen) atoms. The van der Waals surface area contributed by atoms with Crippen molar-refractivity contribution in [2.24, 2.45) is 29.1 Å². The molecule has 2 spiro atoms. The van der Waals surface area contributed by atoms with Crippen molar-refractivity contribution in [1.82, 2.24) is 0 Å². The van der Waals surface area contributed by atoms with Crippen LogP contribution in [0.5, 0.6) is 0 Å². The average molecular weight is 754 g/mol. The van der Waals surface area contributed by atoms with Gasteiger partial charge in [0.15, 0.2) is 0 Å². The second kappa shape index (κ2) is 10.8. The van der Waals surface area contributed by atoms with Crippen LogP contribution >= 0.6 is 0 Å². The van der Waals surface area contributed by atoms with E-state index in [1.54, 1.807) is 11.1 Å². The molecule has 1 nitrogen and oxygen atoms in total. The maximum Gasteiger partial charge on any atom is 0.0543 e. The van der Waals surface area contributed by atoms with Crippen LogP contribution in [0.2, 0.25) is 0 Å². The summed E-state index contributed by atoms with van der Waals surface area (Å²) in [5.41, 5.74) is 22.4. The summed E-state index contributed by atoms with van der Waals surface area (Å²) in [6, 6.07) is 50.3. The van der Waals surface area contributed by atoms with Crippen molar-refractivity contribution in [2.75, 3.05) is 4.90 Å². The molecule has 0 amide bonds. The van der Waals surface area contributed by atoms with Crippen LogP contribution in [0.25, 0.3) is 33.4 Å². The summed E-state index contributed by atoms with van der Waals surface area (Å²) in [4.78, 5) is 2.69. The number of anilines is 3. The van der Waals surface area contributed by atoms with Gasteiger partial charge in [-0.25, -0.2) is 0 Å². The zero-order chi connectivity index (χ0) is 39.1. The van der Waals surface area contributed by atoms with Crippen molar-refractivity contribution in [2.45, 2.75) is 102 Å². The topological polar surface area (TPSA) is 3.24 Å². The summed E-state index contributed by atoms with van der Waals surface area (Å²) in [5.74, 6) is 3.34. The quantitative estimate of drug-likeness (QED) is 0.173. The third-order valence-corrected chi connectivity index (χ3v) is 18.0. The predicted molar refractivity (Wildman–Crippen MR) is 240 cm³/mol. The van der Waals surface area contributed by atoms with E-state index < -0.39 is 0 Å². The number of benzene rings is 6. The maximum absolute atomic E-state index is 2.69. The summed E-state index contributed by atoms with van der Waals surface area (Å²) < 4.78 is 0. The van der Waals surface area contributed by atoms with Crippen molar-refractivity contribution in [3.05, 3.63) is 161 Å². The van der Waals surface area contributed by atoms with Crippen molar-refractivity contribution < 1.29 is 0 Å². The number of nitrogens with zero attached hydrogens (tertiary/aromatic N) is 1. The fourth-order valence-electron chi connectivity index (χ4n) is 15.5. The number of rotatable bonds is 4. The molecule has 0 aromatic heterocycles. The van der Waals surface area contributed by atoms with Crippen molar-refractivity contribution >= 4 is 17.1 Å². The van der Waals surface area contributed by atoms with Crippen LogP contribution < -0.4 is 4.90 Å². The van der Waals surface area contributed by atoms with Gasteiger partial charge in [-0.1, -0.05) is 139 Å². The molecule has 13 rings (SSSR count). The van der Waals surface area contributed by atoms with Crippen LogP contribution in [0.3, 0.4) is 0 Å². The van der Waals surface area contributed by atoms with Crippen LogP contribution in [-0.4, -0.2) is 0 Å². The number of hydrogen-bond acceptors (Lipinski definition) is 1. The van der Waals surface area contributed by atoms with Crippen LogP contribution in [0.15, 0.2) is 127 Å². The van der Waals surface area contributed by atoms with Gasteiger partial charge in [0.1, 0.15) is 0 Å². The minimum absolute atomic E-state index is 0.0773. The van der Waals surface area contributed by atoms with E-state index in [4.69, 9.17) is 0 Å². The summed E-state index contributed by atoms with van der Waals surface area (Å²) in [5, 5.41) is 0. The molecule has 0 saturated heterocycles. The fraction of sp³-hybridized carbons (Fsp3) is 0.368. The van der Waals surface area contributed by atoms with Gasteiger partial charge in [-0.15, -0.1) is 0 Å². The first-order chi connectivity index (χ1) is 28.0. The third-order valence-electron chi connectivity index (χ3n) is 18.0. The standard InChI is InChI=1S/C57H55N/c1-53(2)26-27-54(3,4)47-32-38(21-24-45(47)53)58(37-20-22-41-40-16-10-12-18-43(40)55(5,6)46(41)31-37)48-25-23-39(35-14-8-7-9-15-35)52-51(48)42-17-11-13-19-44(42)57(52)49-29-34-28-36-30-50(57)56(36,49)33-34/h7-25,31-32,34,36,49-50H,26-30,33H2,1-6H3. The second-order valence-electron chi connectivity index (χ2n) is 21.6. The number of hydrogen-bond donors (Lipinski definition) is 0. The zero-order valence-corrected chi connectivity index (χ0v) is 35.1. The fourth-order valence-corrected chi connectivity index (χ4v) is 15.5. The Kier molecular flexibility index (Phi) is 6.36. The van der Waals surface area contributed by atoms with E-state index in [-0.39, 0.29) is 21.7 Å². The summed E-state index contributed by atoms with van der Waals surface area (Å²) >= 11 is 0. The van der Waals surface area contributed by atoms with Crippen molar-refractivity contribution in [1.29, 1.82) is 0 Å². The molecule has 4 fully saturated rings. The maximum atomic E-state index is 2.69. The Morgan fingerprint density at radius 2 is 1.12 bits per heavy atom. The highest BCUT2D eigenvalue weighted by Crippen LogP contribution is 2.90. The van der Waals surface area contributed by atoms with E-state index in [0.29, 0.717) is 5.41 Å². The minimum atomic E-state index is -0.0892. The largest absolute Gasteiger partial charge is 0.310 e. The molecule has 7 aliphatic rings. The third kappa shape index (κ3) is 3.87. The highest BCUT2D eigenvalue weighted by atomic mass is 15.1. The Morgan fingerprint density at radius 3 is 1.90 bits per heavy atom. The first-order valence-electron chi connectivity index (χ1n) is 22.5. The van der Waals surface area contributed by atoms with Gasteiger partial charge >= 0.3 is 0 Å². The van der Waals surface area contributed by atoms with E-state index in [1.165, 1.54) is 111 Å². The van der Waals surface area contributed by atoms with E-state index in [2.05, 4.69) is 174 Å². The molecule has 0 aliphatic heterocycles. The molecule has 7 aliphatic carbocycles. The molecular formula is C57H55N. The Morgan fingerprint density at radius 1 is 0.500 bits per heavy atom. The summed E-state index contributed by atoms with van der Waals surface area (Å²) in [6.07, 6.45) is 8.19. The molecule has 0 heterocycles. The van der Waals surface area contributed by atoms with E-state index in [0.717, 1.165) is 23.7 Å². The predicted octanol–water partition coefficient (Wildman–Crippen LogP) is 14.8.